The van der Waals surface area contributed by atoms with Gasteiger partial charge in [0.15, 0.2) is 6.10 Å². The van der Waals surface area contributed by atoms with Crippen molar-refractivity contribution in [1.29, 1.82) is 0 Å². The van der Waals surface area contributed by atoms with Gasteiger partial charge in [-0.1, -0.05) is 18.1 Å². The van der Waals surface area contributed by atoms with E-state index in [2.05, 4.69) is 22.1 Å². The number of alkyl carbamates (subject to hydrolysis) is 1. The van der Waals surface area contributed by atoms with E-state index >= 15 is 0 Å². The van der Waals surface area contributed by atoms with Gasteiger partial charge in [0.1, 0.15) is 29.2 Å². The molecule has 3 aromatic rings. The molecule has 1 N–H and O–H groups in total. The quantitative estimate of drug-likeness (QED) is 0.655. The van der Waals surface area contributed by atoms with Gasteiger partial charge in [0, 0.05) is 17.2 Å². The van der Waals surface area contributed by atoms with Crippen LogP contribution in [-0.2, 0) is 4.74 Å². The lowest BCUT2D eigenvalue weighted by molar-refractivity contribution is 0.129. The summed E-state index contributed by atoms with van der Waals surface area (Å²) in [7, 11) is 0. The van der Waals surface area contributed by atoms with Crippen LogP contribution < -0.4 is 5.32 Å². The number of amides is 1. The van der Waals surface area contributed by atoms with E-state index in [1.807, 2.05) is 0 Å². The first-order valence-electron chi connectivity index (χ1n) is 8.66. The molecular weight excluding hydrogens is 381 g/mol. The maximum atomic E-state index is 14.2. The van der Waals surface area contributed by atoms with Crippen molar-refractivity contribution in [2.24, 2.45) is 0 Å². The molecule has 1 aliphatic rings. The van der Waals surface area contributed by atoms with Gasteiger partial charge in [0.2, 0.25) is 0 Å². The molecule has 0 unspecified atom stereocenters. The van der Waals surface area contributed by atoms with E-state index < -0.39 is 35.7 Å². The fourth-order valence-corrected chi connectivity index (χ4v) is 3.02. The van der Waals surface area contributed by atoms with Crippen LogP contribution in [0, 0.1) is 29.3 Å². The zero-order valence-corrected chi connectivity index (χ0v) is 14.8. The van der Waals surface area contributed by atoms with Crippen LogP contribution in [0.15, 0.2) is 60.7 Å². The minimum absolute atomic E-state index is 0.0350. The highest BCUT2D eigenvalue weighted by atomic mass is 19.1. The molecule has 7 heteroatoms. The number of pyridine rings is 1. The van der Waals surface area contributed by atoms with Crippen LogP contribution in [0.3, 0.4) is 0 Å². The SMILES string of the molecule is O=C1N[C@H](c2cccc(C#Cc3cccc(F)c3)n2)[C@@H](c2ccc(F)cc2F)O1. The largest absolute Gasteiger partial charge is 0.439 e. The molecule has 0 aliphatic carbocycles. The number of rotatable bonds is 2. The summed E-state index contributed by atoms with van der Waals surface area (Å²) in [6.07, 6.45) is -1.75. The minimum Gasteiger partial charge on any atom is -0.439 e. The molecule has 2 atom stereocenters. The number of benzene rings is 2. The van der Waals surface area contributed by atoms with Crippen molar-refractivity contribution in [3.05, 3.63) is 101 Å². The van der Waals surface area contributed by atoms with Gasteiger partial charge in [-0.05, 0) is 48.4 Å². The molecule has 0 radical (unpaired) electrons. The first kappa shape index (κ1) is 18.6. The standard InChI is InChI=1S/C22H13F3N2O2/c23-14-4-1-3-13(11-14)7-9-16-5-2-6-19(26-16)20-21(29-22(28)27-20)17-10-8-15(24)12-18(17)25/h1-6,8,10-12,20-21H,(H,27,28)/t20-,21-/m1/s1. The number of carbonyl (C=O) groups is 1. The van der Waals surface area contributed by atoms with Crippen LogP contribution in [-0.4, -0.2) is 11.1 Å². The summed E-state index contributed by atoms with van der Waals surface area (Å²) in [5.41, 5.74) is 1.30. The smallest absolute Gasteiger partial charge is 0.408 e. The van der Waals surface area contributed by atoms with Gasteiger partial charge < -0.3 is 10.1 Å². The first-order valence-corrected chi connectivity index (χ1v) is 8.66. The highest BCUT2D eigenvalue weighted by Crippen LogP contribution is 2.37. The van der Waals surface area contributed by atoms with Gasteiger partial charge in [-0.15, -0.1) is 0 Å². The van der Waals surface area contributed by atoms with E-state index in [0.29, 0.717) is 17.0 Å². The monoisotopic (exact) mass is 394 g/mol. The van der Waals surface area contributed by atoms with Crippen molar-refractivity contribution in [1.82, 2.24) is 10.3 Å². The molecule has 1 amide bonds. The molecule has 144 valence electrons. The highest BCUT2D eigenvalue weighted by Gasteiger charge is 2.38. The number of hydrogen-bond donors (Lipinski definition) is 1. The number of aromatic nitrogens is 1. The van der Waals surface area contributed by atoms with E-state index in [0.717, 1.165) is 12.1 Å². The third-order valence-electron chi connectivity index (χ3n) is 4.33. The molecule has 0 bridgehead atoms. The lowest BCUT2D eigenvalue weighted by Crippen LogP contribution is -2.21. The van der Waals surface area contributed by atoms with E-state index in [9.17, 15) is 18.0 Å². The normalized spacial score (nSPS) is 17.8. The Kier molecular flexibility index (Phi) is 4.92. The Labute approximate surface area is 164 Å². The van der Waals surface area contributed by atoms with E-state index in [4.69, 9.17) is 4.74 Å². The summed E-state index contributed by atoms with van der Waals surface area (Å²) < 4.78 is 45.9. The Balaban J connectivity index is 1.65. The molecule has 2 heterocycles. The summed E-state index contributed by atoms with van der Waals surface area (Å²) in [5.74, 6) is 3.70. The summed E-state index contributed by atoms with van der Waals surface area (Å²) >= 11 is 0. The fourth-order valence-electron chi connectivity index (χ4n) is 3.02. The van der Waals surface area contributed by atoms with Gasteiger partial charge in [0.05, 0.1) is 5.69 Å². The number of halogens is 3. The third-order valence-corrected chi connectivity index (χ3v) is 4.33. The molecule has 1 aliphatic heterocycles. The lowest BCUT2D eigenvalue weighted by Gasteiger charge is -2.17. The van der Waals surface area contributed by atoms with E-state index in [1.165, 1.54) is 18.2 Å². The van der Waals surface area contributed by atoms with Gasteiger partial charge >= 0.3 is 6.09 Å². The number of carbonyl (C=O) groups excluding carboxylic acids is 1. The van der Waals surface area contributed by atoms with Crippen LogP contribution >= 0.6 is 0 Å². The molecule has 4 rings (SSSR count). The van der Waals surface area contributed by atoms with Gasteiger partial charge in [-0.3, -0.25) is 0 Å². The Hall–Kier alpha value is -3.79. The van der Waals surface area contributed by atoms with Crippen molar-refractivity contribution in [3.8, 4) is 11.8 Å². The van der Waals surface area contributed by atoms with Crippen molar-refractivity contribution < 1.29 is 22.7 Å². The van der Waals surface area contributed by atoms with Crippen molar-refractivity contribution >= 4 is 6.09 Å². The predicted octanol–water partition coefficient (Wildman–Crippen LogP) is 4.42. The second-order valence-corrected chi connectivity index (χ2v) is 6.32. The Morgan fingerprint density at radius 1 is 0.931 bits per heavy atom. The Morgan fingerprint density at radius 3 is 2.52 bits per heavy atom. The van der Waals surface area contributed by atoms with Crippen LogP contribution in [0.2, 0.25) is 0 Å². The second-order valence-electron chi connectivity index (χ2n) is 6.32. The summed E-state index contributed by atoms with van der Waals surface area (Å²) in [5, 5.41) is 2.59. The zero-order valence-electron chi connectivity index (χ0n) is 14.8. The van der Waals surface area contributed by atoms with Gasteiger partial charge in [-0.25, -0.2) is 22.9 Å². The number of hydrogen-bond acceptors (Lipinski definition) is 3. The number of cyclic esters (lactones) is 1. The Bertz CT molecular complexity index is 1150. The average Bonchev–Trinajstić information content (AvgIpc) is 3.08. The minimum atomic E-state index is -1.01. The molecule has 0 spiro atoms. The van der Waals surface area contributed by atoms with Gasteiger partial charge in [0.25, 0.3) is 0 Å². The van der Waals surface area contributed by atoms with Crippen LogP contribution in [0.5, 0.6) is 0 Å². The lowest BCUT2D eigenvalue weighted by atomic mass is 9.99. The molecule has 29 heavy (non-hydrogen) atoms. The molecule has 0 saturated carbocycles. The number of ether oxygens (including phenoxy) is 1. The topological polar surface area (TPSA) is 51.2 Å². The highest BCUT2D eigenvalue weighted by molar-refractivity contribution is 5.71. The molecule has 1 aromatic heterocycles. The molecule has 1 fully saturated rings. The maximum Gasteiger partial charge on any atom is 0.408 e. The number of nitrogens with zero attached hydrogens (tertiary/aromatic N) is 1. The summed E-state index contributed by atoms with van der Waals surface area (Å²) in [6.45, 7) is 0. The van der Waals surface area contributed by atoms with Crippen molar-refractivity contribution in [2.75, 3.05) is 0 Å². The fraction of sp³-hybridized carbons (Fsp3) is 0.0909. The number of nitrogens with one attached hydrogen (secondary N) is 1. The van der Waals surface area contributed by atoms with E-state index in [-0.39, 0.29) is 5.56 Å². The average molecular weight is 394 g/mol. The first-order chi connectivity index (χ1) is 14.0. The summed E-state index contributed by atoms with van der Waals surface area (Å²) in [6, 6.07) is 13.1. The van der Waals surface area contributed by atoms with Crippen molar-refractivity contribution in [3.63, 3.8) is 0 Å². The van der Waals surface area contributed by atoms with Crippen LogP contribution in [0.1, 0.15) is 34.7 Å². The summed E-state index contributed by atoms with van der Waals surface area (Å²) in [4.78, 5) is 16.2. The molecule has 1 saturated heterocycles. The third kappa shape index (κ3) is 4.06. The zero-order chi connectivity index (χ0) is 20.4. The van der Waals surface area contributed by atoms with E-state index in [1.54, 1.807) is 30.3 Å². The van der Waals surface area contributed by atoms with Crippen LogP contribution in [0.4, 0.5) is 18.0 Å². The van der Waals surface area contributed by atoms with Crippen LogP contribution in [0.25, 0.3) is 0 Å². The molecular formula is C22H13F3N2O2. The molecule has 2 aromatic carbocycles. The predicted molar refractivity (Wildman–Crippen MR) is 98.1 cm³/mol. The van der Waals surface area contributed by atoms with Crippen molar-refractivity contribution in [2.45, 2.75) is 12.1 Å². The Morgan fingerprint density at radius 2 is 1.72 bits per heavy atom. The maximum absolute atomic E-state index is 14.2. The molecule has 4 nitrogen and oxygen atoms in total. The van der Waals surface area contributed by atoms with Gasteiger partial charge in [-0.2, -0.15) is 0 Å². The second kappa shape index (κ2) is 7.68.